The summed E-state index contributed by atoms with van der Waals surface area (Å²) in [6.45, 7) is 0. The van der Waals surface area contributed by atoms with E-state index in [-0.39, 0.29) is 10.8 Å². The van der Waals surface area contributed by atoms with E-state index >= 15 is 0 Å². The Morgan fingerprint density at radius 3 is 1.97 bits per heavy atom. The summed E-state index contributed by atoms with van der Waals surface area (Å²) >= 11 is 6.06. The van der Waals surface area contributed by atoms with Crippen molar-refractivity contribution in [3.05, 3.63) is 88.5 Å². The zero-order valence-corrected chi connectivity index (χ0v) is 21.3. The largest absolute Gasteiger partial charge is 0.493 e. The van der Waals surface area contributed by atoms with Gasteiger partial charge in [0.25, 0.3) is 5.91 Å². The molecule has 0 spiro atoms. The second-order valence-electron chi connectivity index (χ2n) is 7.77. The van der Waals surface area contributed by atoms with Crippen LogP contribution in [0.15, 0.2) is 77.2 Å². The monoisotopic (exact) mass is 526 g/mol. The number of hydrogen-bond acceptors (Lipinski definition) is 6. The normalized spacial score (nSPS) is 14.7. The van der Waals surface area contributed by atoms with Gasteiger partial charge in [-0.3, -0.25) is 9.69 Å². The third kappa shape index (κ3) is 4.94. The average molecular weight is 527 g/mol. The molecular weight excluding hydrogens is 504 g/mol. The van der Waals surface area contributed by atoms with Crippen LogP contribution >= 0.6 is 11.6 Å². The maximum atomic E-state index is 13.6. The van der Waals surface area contributed by atoms with Gasteiger partial charge in [-0.25, -0.2) is 13.6 Å². The minimum atomic E-state index is -3.88. The summed E-state index contributed by atoms with van der Waals surface area (Å²) in [5.41, 5.74) is 2.87. The van der Waals surface area contributed by atoms with E-state index in [1.165, 1.54) is 50.5 Å². The molecule has 0 radical (unpaired) electrons. The van der Waals surface area contributed by atoms with Gasteiger partial charge < -0.3 is 14.2 Å². The van der Waals surface area contributed by atoms with Crippen LogP contribution < -0.4 is 24.2 Å². The molecule has 1 heterocycles. The molecular formula is C26H23ClN2O6S. The summed E-state index contributed by atoms with van der Waals surface area (Å²) in [7, 11) is 0.666. The van der Waals surface area contributed by atoms with Crippen LogP contribution in [-0.2, 0) is 14.8 Å². The van der Waals surface area contributed by atoms with Gasteiger partial charge in [-0.1, -0.05) is 23.7 Å². The lowest BCUT2D eigenvalue weighted by Crippen LogP contribution is -2.25. The van der Waals surface area contributed by atoms with Crippen LogP contribution in [0.5, 0.6) is 17.2 Å². The SMILES string of the molecule is COc1cc(/C=C2\C=C(c3ccc(Cl)cc3)N(c3ccc(S(N)(=O)=O)cc3)C2=O)cc(OC)c1OC. The van der Waals surface area contributed by atoms with E-state index in [1.54, 1.807) is 48.6 Å². The first-order valence-electron chi connectivity index (χ1n) is 10.6. The van der Waals surface area contributed by atoms with E-state index in [1.807, 2.05) is 0 Å². The van der Waals surface area contributed by atoms with Gasteiger partial charge in [-0.2, -0.15) is 0 Å². The topological polar surface area (TPSA) is 108 Å². The third-order valence-corrected chi connectivity index (χ3v) is 6.74. The first-order chi connectivity index (χ1) is 17.2. The van der Waals surface area contributed by atoms with Gasteiger partial charge in [0.1, 0.15) is 0 Å². The van der Waals surface area contributed by atoms with Crippen molar-refractivity contribution in [1.29, 1.82) is 0 Å². The Morgan fingerprint density at radius 2 is 1.47 bits per heavy atom. The van der Waals surface area contributed by atoms with E-state index in [0.717, 1.165) is 5.56 Å². The molecule has 1 aliphatic heterocycles. The van der Waals surface area contributed by atoms with Crippen molar-refractivity contribution in [3.8, 4) is 17.2 Å². The Labute approximate surface area is 214 Å². The number of methoxy groups -OCH3 is 3. The summed E-state index contributed by atoms with van der Waals surface area (Å²) in [5.74, 6) is 1.03. The van der Waals surface area contributed by atoms with Crippen molar-refractivity contribution in [2.75, 3.05) is 26.2 Å². The molecule has 0 aromatic heterocycles. The first kappa shape index (κ1) is 25.3. The molecule has 0 aliphatic carbocycles. The lowest BCUT2D eigenvalue weighted by Gasteiger charge is -2.21. The highest BCUT2D eigenvalue weighted by Crippen LogP contribution is 2.40. The van der Waals surface area contributed by atoms with Crippen LogP contribution in [0, 0.1) is 0 Å². The predicted molar refractivity (Wildman–Crippen MR) is 139 cm³/mol. The molecule has 4 rings (SSSR count). The van der Waals surface area contributed by atoms with E-state index in [2.05, 4.69) is 0 Å². The second-order valence-corrected chi connectivity index (χ2v) is 9.77. The molecule has 0 bridgehead atoms. The number of sulfonamides is 1. The third-order valence-electron chi connectivity index (χ3n) is 5.56. The number of hydrogen-bond donors (Lipinski definition) is 1. The van der Waals surface area contributed by atoms with Gasteiger partial charge in [-0.15, -0.1) is 0 Å². The maximum Gasteiger partial charge on any atom is 0.262 e. The average Bonchev–Trinajstić information content (AvgIpc) is 3.18. The van der Waals surface area contributed by atoms with Gasteiger partial charge in [-0.05, 0) is 71.8 Å². The van der Waals surface area contributed by atoms with Crippen LogP contribution in [0.4, 0.5) is 5.69 Å². The highest BCUT2D eigenvalue weighted by atomic mass is 35.5. The molecule has 0 atom stereocenters. The number of primary sulfonamides is 1. The molecule has 0 saturated carbocycles. The molecule has 1 amide bonds. The summed E-state index contributed by atoms with van der Waals surface area (Å²) in [4.78, 5) is 15.1. The minimum Gasteiger partial charge on any atom is -0.493 e. The molecule has 3 aromatic carbocycles. The number of benzene rings is 3. The summed E-state index contributed by atoms with van der Waals surface area (Å²) < 4.78 is 39.6. The van der Waals surface area contributed by atoms with Crippen molar-refractivity contribution in [1.82, 2.24) is 0 Å². The maximum absolute atomic E-state index is 13.6. The molecule has 1 aliphatic rings. The van der Waals surface area contributed by atoms with Crippen LogP contribution in [-0.4, -0.2) is 35.7 Å². The lowest BCUT2D eigenvalue weighted by molar-refractivity contribution is -0.113. The first-order valence-corrected chi connectivity index (χ1v) is 12.6. The second kappa shape index (κ2) is 10.1. The van der Waals surface area contributed by atoms with E-state index in [9.17, 15) is 13.2 Å². The van der Waals surface area contributed by atoms with Crippen LogP contribution in [0.3, 0.4) is 0 Å². The minimum absolute atomic E-state index is 0.0527. The molecule has 0 saturated heterocycles. The Hall–Kier alpha value is -3.79. The molecule has 186 valence electrons. The molecule has 0 unspecified atom stereocenters. The number of halogens is 1. The van der Waals surface area contributed by atoms with Crippen LogP contribution in [0.2, 0.25) is 5.02 Å². The van der Waals surface area contributed by atoms with Crippen molar-refractivity contribution < 1.29 is 27.4 Å². The molecule has 0 fully saturated rings. The number of carbonyl (C=O) groups is 1. The predicted octanol–water partition coefficient (Wildman–Crippen LogP) is 4.48. The quantitative estimate of drug-likeness (QED) is 0.455. The fourth-order valence-corrected chi connectivity index (χ4v) is 4.50. The number of anilines is 1. The Balaban J connectivity index is 1.83. The summed E-state index contributed by atoms with van der Waals surface area (Å²) in [6, 6.07) is 16.3. The van der Waals surface area contributed by atoms with Gasteiger partial charge >= 0.3 is 0 Å². The Bertz CT molecular complexity index is 1450. The Kier molecular flexibility index (Phi) is 7.07. The van der Waals surface area contributed by atoms with Gasteiger partial charge in [0.05, 0.1) is 31.9 Å². The van der Waals surface area contributed by atoms with Crippen molar-refractivity contribution >= 4 is 45.0 Å². The molecule has 36 heavy (non-hydrogen) atoms. The summed E-state index contributed by atoms with van der Waals surface area (Å²) in [5, 5.41) is 5.78. The van der Waals surface area contributed by atoms with Crippen molar-refractivity contribution in [3.63, 3.8) is 0 Å². The van der Waals surface area contributed by atoms with Crippen LogP contribution in [0.1, 0.15) is 11.1 Å². The van der Waals surface area contributed by atoms with Gasteiger partial charge in [0, 0.05) is 16.3 Å². The number of carbonyl (C=O) groups excluding carboxylic acids is 1. The molecule has 3 aromatic rings. The zero-order valence-electron chi connectivity index (χ0n) is 19.7. The van der Waals surface area contributed by atoms with E-state index in [4.69, 9.17) is 31.0 Å². The number of nitrogens with two attached hydrogens (primary N) is 1. The van der Waals surface area contributed by atoms with E-state index in [0.29, 0.717) is 44.8 Å². The van der Waals surface area contributed by atoms with E-state index < -0.39 is 10.0 Å². The number of rotatable bonds is 7. The zero-order chi connectivity index (χ0) is 26.0. The number of ether oxygens (including phenoxy) is 3. The number of nitrogens with zero attached hydrogens (tertiary/aromatic N) is 1. The number of amides is 1. The molecule has 10 heteroatoms. The smallest absolute Gasteiger partial charge is 0.262 e. The van der Waals surface area contributed by atoms with Crippen molar-refractivity contribution in [2.24, 2.45) is 5.14 Å². The highest BCUT2D eigenvalue weighted by molar-refractivity contribution is 7.89. The standard InChI is InChI=1S/C26H23ClN2O6S/c1-33-23-13-16(14-24(34-2)25(23)35-3)12-18-15-22(17-4-6-19(27)7-5-17)29(26(18)30)20-8-10-21(11-9-20)36(28,31)32/h4-15H,1-3H3,(H2,28,31,32)/b18-12+. The van der Waals surface area contributed by atoms with Crippen molar-refractivity contribution in [2.45, 2.75) is 4.90 Å². The summed E-state index contributed by atoms with van der Waals surface area (Å²) in [6.07, 6.45) is 3.46. The fourth-order valence-electron chi connectivity index (χ4n) is 3.85. The highest BCUT2D eigenvalue weighted by Gasteiger charge is 2.31. The fraction of sp³-hybridized carbons (Fsp3) is 0.115. The molecule has 2 N–H and O–H groups in total. The lowest BCUT2D eigenvalue weighted by atomic mass is 10.1. The Morgan fingerprint density at radius 1 is 0.889 bits per heavy atom. The van der Waals surface area contributed by atoms with Gasteiger partial charge in [0.2, 0.25) is 15.8 Å². The van der Waals surface area contributed by atoms with Crippen LogP contribution in [0.25, 0.3) is 11.8 Å². The van der Waals surface area contributed by atoms with Gasteiger partial charge in [0.15, 0.2) is 11.5 Å². The molecule has 8 nitrogen and oxygen atoms in total.